The van der Waals surface area contributed by atoms with Gasteiger partial charge in [0.15, 0.2) is 0 Å². The molecule has 15 heavy (non-hydrogen) atoms. The van der Waals surface area contributed by atoms with Crippen molar-refractivity contribution in [3.63, 3.8) is 0 Å². The molecule has 0 saturated heterocycles. The molecule has 2 heterocycles. The molecule has 4 nitrogen and oxygen atoms in total. The highest BCUT2D eigenvalue weighted by atomic mass is 16.3. The Morgan fingerprint density at radius 3 is 2.93 bits per heavy atom. The molecule has 0 aliphatic heterocycles. The highest BCUT2D eigenvalue weighted by molar-refractivity contribution is 5.10. The molecule has 1 N–H and O–H groups in total. The summed E-state index contributed by atoms with van der Waals surface area (Å²) in [4.78, 5) is 0. The second-order valence-electron chi connectivity index (χ2n) is 3.54. The number of hydrogen-bond acceptors (Lipinski definition) is 3. The fourth-order valence-corrected chi connectivity index (χ4v) is 1.62. The fraction of sp³-hybridized carbons (Fsp3) is 0.364. The van der Waals surface area contributed by atoms with Crippen LogP contribution in [0.2, 0.25) is 0 Å². The summed E-state index contributed by atoms with van der Waals surface area (Å²) in [5.41, 5.74) is 1.06. The molecule has 0 fully saturated rings. The molecule has 1 unspecified atom stereocenters. The van der Waals surface area contributed by atoms with Crippen LogP contribution in [-0.4, -0.2) is 16.8 Å². The largest absolute Gasteiger partial charge is 0.468 e. The van der Waals surface area contributed by atoms with Crippen LogP contribution in [0.15, 0.2) is 35.1 Å². The van der Waals surface area contributed by atoms with Gasteiger partial charge in [0, 0.05) is 19.7 Å². The van der Waals surface area contributed by atoms with Gasteiger partial charge < -0.3 is 9.73 Å². The molecule has 0 aliphatic rings. The van der Waals surface area contributed by atoms with Crippen molar-refractivity contribution in [2.45, 2.75) is 12.5 Å². The SMILES string of the molecule is CNC(Cc1ccn(C)n1)c1ccco1. The topological polar surface area (TPSA) is 43.0 Å². The van der Waals surface area contributed by atoms with Crippen molar-refractivity contribution in [2.75, 3.05) is 7.05 Å². The number of furan rings is 1. The third-order valence-corrected chi connectivity index (χ3v) is 2.42. The first kappa shape index (κ1) is 9.98. The number of hydrogen-bond donors (Lipinski definition) is 1. The van der Waals surface area contributed by atoms with Gasteiger partial charge in [-0.3, -0.25) is 4.68 Å². The molecule has 0 aliphatic carbocycles. The quantitative estimate of drug-likeness (QED) is 0.822. The predicted octanol–water partition coefficient (Wildman–Crippen LogP) is 1.52. The Balaban J connectivity index is 2.09. The lowest BCUT2D eigenvalue weighted by Gasteiger charge is -2.11. The Kier molecular flexibility index (Phi) is 2.87. The molecular weight excluding hydrogens is 190 g/mol. The van der Waals surface area contributed by atoms with Crippen LogP contribution in [0.1, 0.15) is 17.5 Å². The number of rotatable bonds is 4. The van der Waals surface area contributed by atoms with E-state index >= 15 is 0 Å². The van der Waals surface area contributed by atoms with Gasteiger partial charge in [0.2, 0.25) is 0 Å². The Morgan fingerprint density at radius 2 is 2.40 bits per heavy atom. The lowest BCUT2D eigenvalue weighted by Crippen LogP contribution is -2.18. The molecule has 2 rings (SSSR count). The van der Waals surface area contributed by atoms with E-state index in [2.05, 4.69) is 10.4 Å². The van der Waals surface area contributed by atoms with E-state index in [1.54, 1.807) is 6.26 Å². The zero-order valence-electron chi connectivity index (χ0n) is 8.97. The molecular formula is C11H15N3O. The first-order chi connectivity index (χ1) is 7.29. The maximum Gasteiger partial charge on any atom is 0.121 e. The second kappa shape index (κ2) is 4.31. The van der Waals surface area contributed by atoms with Crippen LogP contribution in [-0.2, 0) is 13.5 Å². The van der Waals surface area contributed by atoms with Crippen LogP contribution >= 0.6 is 0 Å². The maximum atomic E-state index is 5.37. The highest BCUT2D eigenvalue weighted by Crippen LogP contribution is 2.17. The van der Waals surface area contributed by atoms with Crippen molar-refractivity contribution >= 4 is 0 Å². The lowest BCUT2D eigenvalue weighted by molar-refractivity contribution is 0.426. The Bertz CT molecular complexity index is 405. The molecule has 0 amide bonds. The van der Waals surface area contributed by atoms with Gasteiger partial charge in [-0.1, -0.05) is 0 Å². The number of nitrogens with one attached hydrogen (secondary N) is 1. The average molecular weight is 205 g/mol. The van der Waals surface area contributed by atoms with E-state index in [0.717, 1.165) is 17.9 Å². The summed E-state index contributed by atoms with van der Waals surface area (Å²) in [5, 5.41) is 7.56. The molecule has 1 atom stereocenters. The van der Waals surface area contributed by atoms with Gasteiger partial charge in [0.1, 0.15) is 5.76 Å². The van der Waals surface area contributed by atoms with Gasteiger partial charge in [-0.2, -0.15) is 5.10 Å². The minimum absolute atomic E-state index is 0.190. The molecule has 2 aromatic heterocycles. The van der Waals surface area contributed by atoms with Crippen molar-refractivity contribution in [1.29, 1.82) is 0 Å². The number of aromatic nitrogens is 2. The standard InChI is InChI=1S/C11H15N3O/c1-12-10(11-4-3-7-15-11)8-9-5-6-14(2)13-9/h3-7,10,12H,8H2,1-2H3. The van der Waals surface area contributed by atoms with E-state index < -0.39 is 0 Å². The zero-order chi connectivity index (χ0) is 10.7. The summed E-state index contributed by atoms with van der Waals surface area (Å²) in [6, 6.07) is 6.09. The third-order valence-electron chi connectivity index (χ3n) is 2.42. The third kappa shape index (κ3) is 2.27. The van der Waals surface area contributed by atoms with Crippen molar-refractivity contribution in [2.24, 2.45) is 7.05 Å². The minimum Gasteiger partial charge on any atom is -0.468 e. The second-order valence-corrected chi connectivity index (χ2v) is 3.54. The van der Waals surface area contributed by atoms with E-state index in [0.29, 0.717) is 0 Å². The Hall–Kier alpha value is -1.55. The maximum absolute atomic E-state index is 5.37. The molecule has 0 saturated carbocycles. The van der Waals surface area contributed by atoms with Gasteiger partial charge in [0.05, 0.1) is 18.0 Å². The molecule has 2 aromatic rings. The summed E-state index contributed by atoms with van der Waals surface area (Å²) < 4.78 is 7.18. The summed E-state index contributed by atoms with van der Waals surface area (Å²) in [6.45, 7) is 0. The van der Waals surface area contributed by atoms with E-state index in [1.165, 1.54) is 0 Å². The summed E-state index contributed by atoms with van der Waals surface area (Å²) in [6.07, 6.45) is 4.48. The number of nitrogens with zero attached hydrogens (tertiary/aromatic N) is 2. The lowest BCUT2D eigenvalue weighted by atomic mass is 10.1. The minimum atomic E-state index is 0.190. The van der Waals surface area contributed by atoms with Crippen LogP contribution in [0.25, 0.3) is 0 Å². The van der Waals surface area contributed by atoms with Gasteiger partial charge in [-0.15, -0.1) is 0 Å². The van der Waals surface area contributed by atoms with E-state index in [-0.39, 0.29) is 6.04 Å². The first-order valence-corrected chi connectivity index (χ1v) is 4.99. The Labute approximate surface area is 88.9 Å². The monoisotopic (exact) mass is 205 g/mol. The summed E-state index contributed by atoms with van der Waals surface area (Å²) >= 11 is 0. The van der Waals surface area contributed by atoms with Crippen molar-refractivity contribution in [3.8, 4) is 0 Å². The van der Waals surface area contributed by atoms with Crippen molar-refractivity contribution in [1.82, 2.24) is 15.1 Å². The number of aryl methyl sites for hydroxylation is 1. The fourth-order valence-electron chi connectivity index (χ4n) is 1.62. The van der Waals surface area contributed by atoms with Gasteiger partial charge >= 0.3 is 0 Å². The van der Waals surface area contributed by atoms with E-state index in [9.17, 15) is 0 Å². The van der Waals surface area contributed by atoms with Gasteiger partial charge in [-0.05, 0) is 25.2 Å². The molecule has 0 bridgehead atoms. The zero-order valence-corrected chi connectivity index (χ0v) is 8.97. The van der Waals surface area contributed by atoms with Crippen LogP contribution in [0.4, 0.5) is 0 Å². The van der Waals surface area contributed by atoms with Gasteiger partial charge in [0.25, 0.3) is 0 Å². The highest BCUT2D eigenvalue weighted by Gasteiger charge is 2.13. The van der Waals surface area contributed by atoms with Crippen LogP contribution in [0.5, 0.6) is 0 Å². The van der Waals surface area contributed by atoms with Crippen molar-refractivity contribution in [3.05, 3.63) is 42.1 Å². The smallest absolute Gasteiger partial charge is 0.121 e. The molecule has 4 heteroatoms. The first-order valence-electron chi connectivity index (χ1n) is 4.99. The summed E-state index contributed by atoms with van der Waals surface area (Å²) in [5.74, 6) is 0.947. The van der Waals surface area contributed by atoms with Gasteiger partial charge in [-0.25, -0.2) is 0 Å². The van der Waals surface area contributed by atoms with Crippen LogP contribution < -0.4 is 5.32 Å². The van der Waals surface area contributed by atoms with Crippen LogP contribution in [0.3, 0.4) is 0 Å². The van der Waals surface area contributed by atoms with E-state index in [4.69, 9.17) is 4.42 Å². The van der Waals surface area contributed by atoms with E-state index in [1.807, 2.05) is 43.2 Å². The van der Waals surface area contributed by atoms with Crippen molar-refractivity contribution < 1.29 is 4.42 Å². The normalized spacial score (nSPS) is 12.9. The molecule has 0 aromatic carbocycles. The van der Waals surface area contributed by atoms with Crippen LogP contribution in [0, 0.1) is 0 Å². The Morgan fingerprint density at radius 1 is 1.53 bits per heavy atom. The average Bonchev–Trinajstić information content (AvgIpc) is 2.85. The molecule has 80 valence electrons. The molecule has 0 spiro atoms. The predicted molar refractivity (Wildman–Crippen MR) is 57.4 cm³/mol. The number of likely N-dealkylation sites (N-methyl/N-ethyl adjacent to an activating group) is 1. The summed E-state index contributed by atoms with van der Waals surface area (Å²) in [7, 11) is 3.85. The molecule has 0 radical (unpaired) electrons.